The molecule has 110 valence electrons. The van der Waals surface area contributed by atoms with Crippen LogP contribution in [0.3, 0.4) is 0 Å². The lowest BCUT2D eigenvalue weighted by Crippen LogP contribution is -2.46. The molecule has 6 nitrogen and oxygen atoms in total. The van der Waals surface area contributed by atoms with E-state index in [2.05, 4.69) is 10.3 Å². The molecular formula is C14H20N2O4. The number of carbonyl (C=O) groups excluding carboxylic acids is 1. The smallest absolute Gasteiger partial charge is 0.273 e. The predicted molar refractivity (Wildman–Crippen MR) is 70.6 cm³/mol. The van der Waals surface area contributed by atoms with Gasteiger partial charge in [0.15, 0.2) is 12.1 Å². The van der Waals surface area contributed by atoms with Crippen LogP contribution in [0.4, 0.5) is 0 Å². The van der Waals surface area contributed by atoms with Crippen molar-refractivity contribution >= 4 is 5.91 Å². The molecule has 1 saturated heterocycles. The fourth-order valence-electron chi connectivity index (χ4n) is 2.64. The van der Waals surface area contributed by atoms with E-state index >= 15 is 0 Å². The quantitative estimate of drug-likeness (QED) is 0.854. The van der Waals surface area contributed by atoms with E-state index in [1.54, 1.807) is 7.11 Å². The molecule has 3 rings (SSSR count). The van der Waals surface area contributed by atoms with Crippen LogP contribution in [0, 0.1) is 0 Å². The fraction of sp³-hybridized carbons (Fsp3) is 0.714. The molecule has 0 radical (unpaired) electrons. The summed E-state index contributed by atoms with van der Waals surface area (Å²) in [5.74, 6) is 0.881. The van der Waals surface area contributed by atoms with Crippen molar-refractivity contribution in [1.82, 2.24) is 10.3 Å². The first-order chi connectivity index (χ1) is 9.79. The number of nitrogens with zero attached hydrogens (tertiary/aromatic N) is 1. The Kier molecular flexibility index (Phi) is 4.03. The first kappa shape index (κ1) is 13.6. The number of ether oxygens (including phenoxy) is 2. The first-order valence-corrected chi connectivity index (χ1v) is 7.14. The van der Waals surface area contributed by atoms with Gasteiger partial charge in [0.25, 0.3) is 5.91 Å². The molecule has 20 heavy (non-hydrogen) atoms. The van der Waals surface area contributed by atoms with Crippen LogP contribution in [0.2, 0.25) is 0 Å². The Morgan fingerprint density at radius 2 is 2.40 bits per heavy atom. The molecule has 1 aliphatic carbocycles. The summed E-state index contributed by atoms with van der Waals surface area (Å²) in [5.41, 5.74) is 0.409. The largest absolute Gasteiger partial charge is 0.447 e. The zero-order chi connectivity index (χ0) is 13.9. The van der Waals surface area contributed by atoms with Gasteiger partial charge in [-0.2, -0.15) is 0 Å². The van der Waals surface area contributed by atoms with E-state index in [0.29, 0.717) is 24.0 Å². The lowest BCUT2D eigenvalue weighted by atomic mass is 10.1. The predicted octanol–water partition coefficient (Wildman–Crippen LogP) is 1.48. The van der Waals surface area contributed by atoms with E-state index in [-0.39, 0.29) is 18.1 Å². The number of hydrogen-bond acceptors (Lipinski definition) is 5. The van der Waals surface area contributed by atoms with Crippen LogP contribution in [-0.4, -0.2) is 43.4 Å². The lowest BCUT2D eigenvalue weighted by molar-refractivity contribution is 0.0402. The molecule has 1 saturated carbocycles. The Bertz CT molecular complexity index is 463. The maximum atomic E-state index is 12.4. The highest BCUT2D eigenvalue weighted by Crippen LogP contribution is 2.41. The Morgan fingerprint density at radius 3 is 3.05 bits per heavy atom. The van der Waals surface area contributed by atoms with Crippen LogP contribution in [0.5, 0.6) is 0 Å². The standard InChI is InChI=1S/C14H20N2O4/c1-18-7-10(11-3-2-6-19-11)16-14(17)12-13(9-4-5-9)20-8-15-12/h8-11H,2-7H2,1H3,(H,16,17). The number of rotatable bonds is 6. The van der Waals surface area contributed by atoms with E-state index < -0.39 is 0 Å². The Morgan fingerprint density at radius 1 is 1.55 bits per heavy atom. The molecule has 0 bridgehead atoms. The average molecular weight is 280 g/mol. The summed E-state index contributed by atoms with van der Waals surface area (Å²) in [5, 5.41) is 2.97. The number of nitrogens with one attached hydrogen (secondary N) is 1. The maximum Gasteiger partial charge on any atom is 0.273 e. The second-order valence-electron chi connectivity index (χ2n) is 5.43. The molecule has 1 aliphatic heterocycles. The summed E-state index contributed by atoms with van der Waals surface area (Å²) in [6, 6.07) is -0.140. The third kappa shape index (κ3) is 2.86. The van der Waals surface area contributed by atoms with E-state index in [0.717, 1.165) is 32.3 Å². The minimum atomic E-state index is -0.196. The van der Waals surface area contributed by atoms with Crippen molar-refractivity contribution < 1.29 is 18.7 Å². The Balaban J connectivity index is 1.67. The molecule has 2 unspecified atom stereocenters. The zero-order valence-corrected chi connectivity index (χ0v) is 11.6. The first-order valence-electron chi connectivity index (χ1n) is 7.14. The van der Waals surface area contributed by atoms with E-state index in [1.165, 1.54) is 6.39 Å². The van der Waals surface area contributed by atoms with E-state index in [4.69, 9.17) is 13.9 Å². The van der Waals surface area contributed by atoms with E-state index in [1.807, 2.05) is 0 Å². The number of aromatic nitrogens is 1. The topological polar surface area (TPSA) is 73.6 Å². The van der Waals surface area contributed by atoms with Gasteiger partial charge in [0.05, 0.1) is 18.8 Å². The summed E-state index contributed by atoms with van der Waals surface area (Å²) in [6.07, 6.45) is 5.49. The zero-order valence-electron chi connectivity index (χ0n) is 11.6. The molecular weight excluding hydrogens is 260 g/mol. The van der Waals surface area contributed by atoms with Crippen molar-refractivity contribution in [3.8, 4) is 0 Å². The van der Waals surface area contributed by atoms with Gasteiger partial charge in [-0.1, -0.05) is 0 Å². The number of carbonyl (C=O) groups is 1. The Labute approximate surface area is 117 Å². The van der Waals surface area contributed by atoms with Crippen molar-refractivity contribution in [3.63, 3.8) is 0 Å². The van der Waals surface area contributed by atoms with Crippen molar-refractivity contribution in [1.29, 1.82) is 0 Å². The number of amides is 1. The van der Waals surface area contributed by atoms with Crippen LogP contribution >= 0.6 is 0 Å². The maximum absolute atomic E-state index is 12.4. The second kappa shape index (κ2) is 5.93. The van der Waals surface area contributed by atoms with Gasteiger partial charge in [0, 0.05) is 19.6 Å². The molecule has 6 heteroatoms. The summed E-state index contributed by atoms with van der Waals surface area (Å²) in [6.45, 7) is 1.19. The summed E-state index contributed by atoms with van der Waals surface area (Å²) < 4.78 is 16.2. The third-order valence-electron chi connectivity index (χ3n) is 3.83. The molecule has 2 atom stereocenters. The number of hydrogen-bond donors (Lipinski definition) is 1. The van der Waals surface area contributed by atoms with Gasteiger partial charge >= 0.3 is 0 Å². The minimum Gasteiger partial charge on any atom is -0.447 e. The van der Waals surface area contributed by atoms with Gasteiger partial charge in [-0.25, -0.2) is 4.98 Å². The van der Waals surface area contributed by atoms with Crippen molar-refractivity contribution in [3.05, 3.63) is 17.8 Å². The summed E-state index contributed by atoms with van der Waals surface area (Å²) >= 11 is 0. The van der Waals surface area contributed by atoms with Crippen LogP contribution in [0.1, 0.15) is 47.8 Å². The van der Waals surface area contributed by atoms with Crippen LogP contribution < -0.4 is 5.32 Å². The van der Waals surface area contributed by atoms with Crippen LogP contribution in [0.15, 0.2) is 10.8 Å². The summed E-state index contributed by atoms with van der Waals surface area (Å²) in [7, 11) is 1.62. The number of methoxy groups -OCH3 is 1. The summed E-state index contributed by atoms with van der Waals surface area (Å²) in [4.78, 5) is 16.4. The molecule has 1 N–H and O–H groups in total. The highest BCUT2D eigenvalue weighted by molar-refractivity contribution is 5.93. The molecule has 1 aromatic heterocycles. The fourth-order valence-corrected chi connectivity index (χ4v) is 2.64. The molecule has 1 aromatic rings. The van der Waals surface area contributed by atoms with Crippen molar-refractivity contribution in [2.75, 3.05) is 20.3 Å². The normalized spacial score (nSPS) is 23.8. The SMILES string of the molecule is COCC(NC(=O)c1ncoc1C1CC1)C1CCCO1. The molecule has 0 aromatic carbocycles. The molecule has 2 fully saturated rings. The van der Waals surface area contributed by atoms with Gasteiger partial charge in [-0.3, -0.25) is 4.79 Å². The Hall–Kier alpha value is -1.40. The van der Waals surface area contributed by atoms with E-state index in [9.17, 15) is 4.79 Å². The number of oxazole rings is 1. The van der Waals surface area contributed by atoms with Gasteiger partial charge in [-0.05, 0) is 25.7 Å². The molecule has 1 amide bonds. The van der Waals surface area contributed by atoms with Crippen LogP contribution in [0.25, 0.3) is 0 Å². The van der Waals surface area contributed by atoms with Crippen molar-refractivity contribution in [2.45, 2.75) is 43.7 Å². The molecule has 2 heterocycles. The highest BCUT2D eigenvalue weighted by atomic mass is 16.5. The van der Waals surface area contributed by atoms with Gasteiger partial charge < -0.3 is 19.2 Å². The highest BCUT2D eigenvalue weighted by Gasteiger charge is 2.34. The van der Waals surface area contributed by atoms with Crippen LogP contribution in [-0.2, 0) is 9.47 Å². The molecule has 2 aliphatic rings. The average Bonchev–Trinajstić information content (AvgIpc) is 2.96. The second-order valence-corrected chi connectivity index (χ2v) is 5.43. The molecule has 0 spiro atoms. The minimum absolute atomic E-state index is 0.0233. The van der Waals surface area contributed by atoms with Gasteiger partial charge in [-0.15, -0.1) is 0 Å². The third-order valence-corrected chi connectivity index (χ3v) is 3.83. The van der Waals surface area contributed by atoms with Crippen molar-refractivity contribution in [2.24, 2.45) is 0 Å². The van der Waals surface area contributed by atoms with Gasteiger partial charge in [0.1, 0.15) is 5.76 Å². The lowest BCUT2D eigenvalue weighted by Gasteiger charge is -2.23. The van der Waals surface area contributed by atoms with Gasteiger partial charge in [0.2, 0.25) is 0 Å². The monoisotopic (exact) mass is 280 g/mol.